The highest BCUT2D eigenvalue weighted by atomic mass is 35.5. The number of quaternary nitrogens is 1. The van der Waals surface area contributed by atoms with Gasteiger partial charge >= 0.3 is 5.91 Å². The number of amides is 1. The summed E-state index contributed by atoms with van der Waals surface area (Å²) >= 11 is 5.76. The third kappa shape index (κ3) is 1.68. The molecule has 1 saturated heterocycles. The van der Waals surface area contributed by atoms with Crippen molar-refractivity contribution in [1.29, 1.82) is 0 Å². The Morgan fingerprint density at radius 3 is 2.31 bits per heavy atom. The molecule has 0 aliphatic carbocycles. The maximum absolute atomic E-state index is 11.8. The third-order valence-corrected chi connectivity index (χ3v) is 3.04. The number of nitrogens with one attached hydrogen (secondary N) is 1. The average molecular weight is 242 g/mol. The number of rotatable bonds is 1. The first-order valence-electron chi connectivity index (χ1n) is 4.83. The lowest BCUT2D eigenvalue weighted by Gasteiger charge is -2.27. The lowest BCUT2D eigenvalue weighted by Crippen LogP contribution is -3.11. The number of hydrazine groups is 1. The molecule has 0 radical (unpaired) electrons. The molecule has 0 bridgehead atoms. The van der Waals surface area contributed by atoms with E-state index >= 15 is 0 Å². The van der Waals surface area contributed by atoms with E-state index in [1.165, 1.54) is 10.1 Å². The van der Waals surface area contributed by atoms with Gasteiger partial charge in [0.05, 0.1) is 7.05 Å². The highest BCUT2D eigenvalue weighted by Gasteiger charge is 2.42. The molecular weight excluding hydrogens is 230 g/mol. The summed E-state index contributed by atoms with van der Waals surface area (Å²) in [7, 11) is 3.16. The van der Waals surface area contributed by atoms with E-state index in [-0.39, 0.29) is 11.1 Å². The average Bonchev–Trinajstić information content (AvgIpc) is 2.46. The van der Waals surface area contributed by atoms with Crippen molar-refractivity contribution in [3.8, 4) is 0 Å². The van der Waals surface area contributed by atoms with E-state index in [2.05, 4.69) is 0 Å². The first-order valence-corrected chi connectivity index (χ1v) is 5.20. The van der Waals surface area contributed by atoms with Crippen molar-refractivity contribution in [2.75, 3.05) is 14.1 Å². The Hall–Kier alpha value is -1.14. The Balaban J connectivity index is 2.34. The molecule has 1 N–H and O–H groups in total. The molecule has 1 aliphatic heterocycles. The summed E-state index contributed by atoms with van der Waals surface area (Å²) in [5, 5.41) is 14.9. The lowest BCUT2D eigenvalue weighted by atomic mass is 10.1. The molecule has 5 nitrogen and oxygen atoms in total. The van der Waals surface area contributed by atoms with Crippen LogP contribution in [0.4, 0.5) is 0 Å². The van der Waals surface area contributed by atoms with Gasteiger partial charge in [0.2, 0.25) is 6.04 Å². The standard InChI is InChI=1S/C10H12ClN3O2/c1-12-10(15)9(14(16)13(12)2)7-3-5-8(11)6-4-7/h3-6,9,14H,1-2H3. The van der Waals surface area contributed by atoms with Crippen LogP contribution in [0, 0.1) is 5.21 Å². The van der Waals surface area contributed by atoms with Crippen LogP contribution in [0.5, 0.6) is 0 Å². The van der Waals surface area contributed by atoms with Gasteiger partial charge in [-0.05, 0) is 12.1 Å². The quantitative estimate of drug-likeness (QED) is 0.704. The van der Waals surface area contributed by atoms with Gasteiger partial charge in [-0.1, -0.05) is 28.9 Å². The predicted octanol–water partition coefficient (Wildman–Crippen LogP) is -0.00240. The van der Waals surface area contributed by atoms with Crippen LogP contribution >= 0.6 is 11.6 Å². The van der Waals surface area contributed by atoms with Gasteiger partial charge in [0, 0.05) is 17.6 Å². The van der Waals surface area contributed by atoms with Crippen molar-refractivity contribution < 1.29 is 9.97 Å². The van der Waals surface area contributed by atoms with E-state index in [9.17, 15) is 10.0 Å². The maximum Gasteiger partial charge on any atom is 0.305 e. The Kier molecular flexibility index (Phi) is 2.86. The van der Waals surface area contributed by atoms with E-state index in [0.29, 0.717) is 10.6 Å². The summed E-state index contributed by atoms with van der Waals surface area (Å²) in [6.45, 7) is 0. The van der Waals surface area contributed by atoms with Gasteiger partial charge in [-0.25, -0.2) is 5.01 Å². The molecule has 0 aromatic heterocycles. The van der Waals surface area contributed by atoms with Crippen molar-refractivity contribution in [2.45, 2.75) is 6.04 Å². The largest absolute Gasteiger partial charge is 0.611 e. The molecule has 1 amide bonds. The van der Waals surface area contributed by atoms with E-state index in [1.54, 1.807) is 38.4 Å². The second-order valence-corrected chi connectivity index (χ2v) is 4.14. The zero-order valence-electron chi connectivity index (χ0n) is 8.98. The van der Waals surface area contributed by atoms with Crippen LogP contribution < -0.4 is 5.17 Å². The summed E-state index contributed by atoms with van der Waals surface area (Å²) in [6.07, 6.45) is 0. The van der Waals surface area contributed by atoms with Gasteiger partial charge in [-0.3, -0.25) is 9.97 Å². The number of benzene rings is 1. The molecule has 1 aromatic rings. The number of hydrogen-bond donors (Lipinski definition) is 1. The first-order chi connectivity index (χ1) is 7.52. The lowest BCUT2D eigenvalue weighted by molar-refractivity contribution is -0.992. The Bertz CT molecular complexity index is 409. The van der Waals surface area contributed by atoms with Crippen molar-refractivity contribution in [1.82, 2.24) is 10.1 Å². The molecule has 1 heterocycles. The van der Waals surface area contributed by atoms with E-state index in [1.807, 2.05) is 0 Å². The molecule has 2 atom stereocenters. The minimum atomic E-state index is -0.729. The van der Waals surface area contributed by atoms with Crippen molar-refractivity contribution in [3.63, 3.8) is 0 Å². The number of carbonyl (C=O) groups excluding carboxylic acids is 1. The molecule has 2 rings (SSSR count). The number of halogens is 1. The van der Waals surface area contributed by atoms with Crippen molar-refractivity contribution >= 4 is 17.5 Å². The van der Waals surface area contributed by atoms with Gasteiger partial charge in [0.1, 0.15) is 0 Å². The molecular formula is C10H12ClN3O2. The van der Waals surface area contributed by atoms with Crippen LogP contribution in [0.3, 0.4) is 0 Å². The molecule has 6 heteroatoms. The third-order valence-electron chi connectivity index (χ3n) is 2.79. The molecule has 1 aromatic carbocycles. The van der Waals surface area contributed by atoms with Crippen LogP contribution in [-0.4, -0.2) is 30.1 Å². The molecule has 16 heavy (non-hydrogen) atoms. The Morgan fingerprint density at radius 2 is 1.88 bits per heavy atom. The predicted molar refractivity (Wildman–Crippen MR) is 59.1 cm³/mol. The SMILES string of the molecule is CN1C(=O)C(c2ccc(Cl)cc2)[NH+]([O-])N1C. The number of nitrogens with zero attached hydrogens (tertiary/aromatic N) is 2. The van der Waals surface area contributed by atoms with Crippen molar-refractivity contribution in [3.05, 3.63) is 40.1 Å². The highest BCUT2D eigenvalue weighted by Crippen LogP contribution is 2.19. The summed E-state index contributed by atoms with van der Waals surface area (Å²) in [5.74, 6) is -0.213. The maximum atomic E-state index is 11.8. The summed E-state index contributed by atoms with van der Waals surface area (Å²) in [5.41, 5.74) is 0.676. The number of hydrogen-bond acceptors (Lipinski definition) is 3. The zero-order valence-corrected chi connectivity index (χ0v) is 9.73. The van der Waals surface area contributed by atoms with Crippen LogP contribution in [0.15, 0.2) is 24.3 Å². The normalized spacial score (nSPS) is 26.5. The van der Waals surface area contributed by atoms with Gasteiger partial charge in [0.25, 0.3) is 0 Å². The fourth-order valence-corrected chi connectivity index (χ4v) is 1.84. The fraction of sp³-hybridized carbons (Fsp3) is 0.300. The van der Waals surface area contributed by atoms with E-state index in [0.717, 1.165) is 0 Å². The van der Waals surface area contributed by atoms with Gasteiger partial charge in [0.15, 0.2) is 0 Å². The minimum Gasteiger partial charge on any atom is -0.611 e. The monoisotopic (exact) mass is 241 g/mol. The molecule has 0 spiro atoms. The van der Waals surface area contributed by atoms with Crippen LogP contribution in [-0.2, 0) is 4.79 Å². The molecule has 2 unspecified atom stereocenters. The first kappa shape index (κ1) is 11.3. The summed E-state index contributed by atoms with van der Waals surface area (Å²) in [6, 6.07) is 6.03. The summed E-state index contributed by atoms with van der Waals surface area (Å²) in [4.78, 5) is 11.8. The smallest absolute Gasteiger partial charge is 0.305 e. The second-order valence-electron chi connectivity index (χ2n) is 3.71. The van der Waals surface area contributed by atoms with Crippen LogP contribution in [0.1, 0.15) is 11.6 Å². The van der Waals surface area contributed by atoms with Crippen LogP contribution in [0.2, 0.25) is 5.02 Å². The van der Waals surface area contributed by atoms with E-state index < -0.39 is 6.04 Å². The topological polar surface area (TPSA) is 51.1 Å². The molecule has 1 aliphatic rings. The second kappa shape index (κ2) is 4.03. The highest BCUT2D eigenvalue weighted by molar-refractivity contribution is 6.30. The summed E-state index contributed by atoms with van der Waals surface area (Å²) < 4.78 is 0. The molecule has 0 saturated carbocycles. The molecule has 1 fully saturated rings. The number of hydroxylamine groups is 1. The Morgan fingerprint density at radius 1 is 1.31 bits per heavy atom. The number of likely N-dealkylation sites (N-methyl/N-ethyl adjacent to an activating group) is 1. The van der Waals surface area contributed by atoms with Gasteiger partial charge in [-0.2, -0.15) is 0 Å². The zero-order chi connectivity index (χ0) is 11.9. The fourth-order valence-electron chi connectivity index (χ4n) is 1.72. The van der Waals surface area contributed by atoms with E-state index in [4.69, 9.17) is 11.6 Å². The van der Waals surface area contributed by atoms with Gasteiger partial charge < -0.3 is 5.21 Å². The number of carbonyl (C=O) groups is 1. The Labute approximate surface area is 98.3 Å². The minimum absolute atomic E-state index is 0.213. The van der Waals surface area contributed by atoms with Gasteiger partial charge in [-0.15, -0.1) is 0 Å². The molecule has 86 valence electrons. The van der Waals surface area contributed by atoms with Crippen molar-refractivity contribution in [2.24, 2.45) is 0 Å². The van der Waals surface area contributed by atoms with Crippen LogP contribution in [0.25, 0.3) is 0 Å².